The fourth-order valence-corrected chi connectivity index (χ4v) is 3.66. The molecule has 3 heterocycles. The van der Waals surface area contributed by atoms with E-state index in [2.05, 4.69) is 39.7 Å². The number of benzene rings is 1. The molecule has 0 amide bonds. The molecule has 1 aliphatic rings. The molecule has 4 rings (SSSR count). The van der Waals surface area contributed by atoms with Crippen molar-refractivity contribution in [2.24, 2.45) is 4.99 Å². The Morgan fingerprint density at radius 3 is 2.75 bits per heavy atom. The smallest absolute Gasteiger partial charge is 0.191 e. The van der Waals surface area contributed by atoms with Gasteiger partial charge in [0.05, 0.1) is 17.9 Å². The highest BCUT2D eigenvalue weighted by molar-refractivity contribution is 14.0. The molecule has 1 unspecified atom stereocenters. The van der Waals surface area contributed by atoms with Crippen molar-refractivity contribution in [3.8, 4) is 5.69 Å². The summed E-state index contributed by atoms with van der Waals surface area (Å²) in [5.41, 5.74) is 1.78. The number of hydrogen-bond acceptors (Lipinski definition) is 4. The van der Waals surface area contributed by atoms with Gasteiger partial charge >= 0.3 is 0 Å². The Balaban J connectivity index is 0.00000289. The Morgan fingerprint density at radius 1 is 1.19 bits per heavy atom. The number of nitrogens with one attached hydrogen (secondary N) is 2. The molecular weight excluding hydrogens is 522 g/mol. The van der Waals surface area contributed by atoms with E-state index >= 15 is 0 Å². The molecule has 3 aromatic rings. The van der Waals surface area contributed by atoms with Crippen LogP contribution >= 0.6 is 24.0 Å². The molecule has 8 nitrogen and oxygen atoms in total. The van der Waals surface area contributed by atoms with Gasteiger partial charge in [0.15, 0.2) is 11.8 Å². The molecule has 172 valence electrons. The van der Waals surface area contributed by atoms with Gasteiger partial charge in [-0.1, -0.05) is 6.92 Å². The molecular formula is C22H30FIN8. The lowest BCUT2D eigenvalue weighted by atomic mass is 10.1. The number of hydrogen-bond donors (Lipinski definition) is 2. The lowest BCUT2D eigenvalue weighted by molar-refractivity contribution is 0.392. The molecule has 2 aromatic heterocycles. The van der Waals surface area contributed by atoms with Gasteiger partial charge in [-0.2, -0.15) is 10.2 Å². The van der Waals surface area contributed by atoms with Crippen molar-refractivity contribution in [2.75, 3.05) is 13.1 Å². The van der Waals surface area contributed by atoms with Gasteiger partial charge in [-0.05, 0) is 43.7 Å². The monoisotopic (exact) mass is 552 g/mol. The standard InChI is InChI=1S/C22H29FN8.HI/c1-3-20-27-21-10-7-18(15-31(21)29-20)26-22(24-4-2)25-13-11-17-12-14-30(28-17)19-8-5-16(23)6-9-19;/h5-6,8-9,12,14,18H,3-4,7,10-11,13,15H2,1-2H3,(H2,24,25,26);1H. The Hall–Kier alpha value is -2.50. The van der Waals surface area contributed by atoms with Crippen LogP contribution in [0.4, 0.5) is 4.39 Å². The Kier molecular flexibility index (Phi) is 8.60. The third-order valence-corrected chi connectivity index (χ3v) is 5.28. The number of guanidine groups is 1. The maximum Gasteiger partial charge on any atom is 0.191 e. The van der Waals surface area contributed by atoms with Crippen molar-refractivity contribution in [1.82, 2.24) is 35.2 Å². The molecule has 0 fully saturated rings. The van der Waals surface area contributed by atoms with Crippen molar-refractivity contribution in [3.05, 3.63) is 59.7 Å². The zero-order valence-electron chi connectivity index (χ0n) is 18.5. The molecule has 0 bridgehead atoms. The van der Waals surface area contributed by atoms with Crippen molar-refractivity contribution in [3.63, 3.8) is 0 Å². The van der Waals surface area contributed by atoms with E-state index < -0.39 is 0 Å². The minimum absolute atomic E-state index is 0. The van der Waals surface area contributed by atoms with E-state index in [1.807, 2.05) is 16.9 Å². The van der Waals surface area contributed by atoms with E-state index in [-0.39, 0.29) is 35.8 Å². The van der Waals surface area contributed by atoms with Crippen molar-refractivity contribution in [1.29, 1.82) is 0 Å². The van der Waals surface area contributed by atoms with Crippen LogP contribution in [0.15, 0.2) is 41.5 Å². The zero-order valence-corrected chi connectivity index (χ0v) is 20.8. The van der Waals surface area contributed by atoms with Crippen LogP contribution in [0.3, 0.4) is 0 Å². The van der Waals surface area contributed by atoms with Crippen molar-refractivity contribution >= 4 is 29.9 Å². The van der Waals surface area contributed by atoms with Crippen LogP contribution in [0.25, 0.3) is 5.69 Å². The van der Waals surface area contributed by atoms with Crippen LogP contribution in [0, 0.1) is 5.82 Å². The topological polar surface area (TPSA) is 84.9 Å². The molecule has 0 aliphatic carbocycles. The van der Waals surface area contributed by atoms with Crippen LogP contribution in [0.5, 0.6) is 0 Å². The SMILES string of the molecule is CCNC(=NCCc1ccn(-c2ccc(F)cc2)n1)NC1CCc2nc(CC)nn2C1.I. The first-order chi connectivity index (χ1) is 15.1. The van der Waals surface area contributed by atoms with E-state index in [4.69, 9.17) is 4.99 Å². The minimum atomic E-state index is -0.252. The lowest BCUT2D eigenvalue weighted by Crippen LogP contribution is -2.47. The van der Waals surface area contributed by atoms with Gasteiger partial charge in [-0.3, -0.25) is 4.99 Å². The molecule has 0 saturated carbocycles. The molecule has 1 aromatic carbocycles. The van der Waals surface area contributed by atoms with E-state index in [0.29, 0.717) is 6.54 Å². The van der Waals surface area contributed by atoms with Gasteiger partial charge in [0.25, 0.3) is 0 Å². The minimum Gasteiger partial charge on any atom is -0.357 e. The summed E-state index contributed by atoms with van der Waals surface area (Å²) in [6.45, 7) is 6.36. The fraction of sp³-hybridized carbons (Fsp3) is 0.455. The summed E-state index contributed by atoms with van der Waals surface area (Å²) in [7, 11) is 0. The van der Waals surface area contributed by atoms with Crippen molar-refractivity contribution < 1.29 is 4.39 Å². The summed E-state index contributed by atoms with van der Waals surface area (Å²) in [5, 5.41) is 16.0. The normalized spacial score (nSPS) is 15.7. The Bertz CT molecular complexity index is 1030. The number of rotatable bonds is 7. The molecule has 1 aliphatic heterocycles. The first kappa shape index (κ1) is 24.1. The number of fused-ring (bicyclic) bond motifs is 1. The molecule has 0 spiro atoms. The summed E-state index contributed by atoms with van der Waals surface area (Å²) in [6.07, 6.45) is 5.40. The quantitative estimate of drug-likeness (QED) is 0.268. The summed E-state index contributed by atoms with van der Waals surface area (Å²) in [5.74, 6) is 2.55. The van der Waals surface area contributed by atoms with Gasteiger partial charge in [-0.15, -0.1) is 24.0 Å². The molecule has 32 heavy (non-hydrogen) atoms. The van der Waals surface area contributed by atoms with Crippen LogP contribution in [-0.4, -0.2) is 49.6 Å². The number of aromatic nitrogens is 5. The number of halogens is 2. The second-order valence-electron chi connectivity index (χ2n) is 7.60. The number of aliphatic imine (C=N–C) groups is 1. The summed E-state index contributed by atoms with van der Waals surface area (Å²) < 4.78 is 16.9. The largest absolute Gasteiger partial charge is 0.357 e. The molecule has 0 saturated heterocycles. The maximum atomic E-state index is 13.1. The predicted octanol–water partition coefficient (Wildman–Crippen LogP) is 2.90. The maximum absolute atomic E-state index is 13.1. The number of aryl methyl sites for hydroxylation is 2. The highest BCUT2D eigenvalue weighted by atomic mass is 127. The van der Waals surface area contributed by atoms with E-state index in [0.717, 1.165) is 67.8 Å². The average molecular weight is 552 g/mol. The van der Waals surface area contributed by atoms with Crippen molar-refractivity contribution in [2.45, 2.75) is 52.1 Å². The third kappa shape index (κ3) is 6.05. The summed E-state index contributed by atoms with van der Waals surface area (Å²) in [4.78, 5) is 9.31. The predicted molar refractivity (Wildman–Crippen MR) is 133 cm³/mol. The number of nitrogens with zero attached hydrogens (tertiary/aromatic N) is 6. The molecule has 1 atom stereocenters. The second kappa shape index (κ2) is 11.4. The van der Waals surface area contributed by atoms with Crippen LogP contribution in [-0.2, 0) is 25.8 Å². The van der Waals surface area contributed by atoms with E-state index in [9.17, 15) is 4.39 Å². The van der Waals surface area contributed by atoms with Crippen LogP contribution < -0.4 is 10.6 Å². The lowest BCUT2D eigenvalue weighted by Gasteiger charge is -2.25. The highest BCUT2D eigenvalue weighted by Crippen LogP contribution is 2.13. The first-order valence-corrected chi connectivity index (χ1v) is 10.9. The zero-order chi connectivity index (χ0) is 21.6. The Morgan fingerprint density at radius 2 is 2.00 bits per heavy atom. The molecule has 0 radical (unpaired) electrons. The van der Waals surface area contributed by atoms with Crippen LogP contribution in [0.1, 0.15) is 37.6 Å². The fourth-order valence-electron chi connectivity index (χ4n) is 3.66. The second-order valence-corrected chi connectivity index (χ2v) is 7.60. The van der Waals surface area contributed by atoms with Gasteiger partial charge in [0.1, 0.15) is 11.6 Å². The first-order valence-electron chi connectivity index (χ1n) is 10.9. The highest BCUT2D eigenvalue weighted by Gasteiger charge is 2.22. The van der Waals surface area contributed by atoms with Crippen LogP contribution in [0.2, 0.25) is 0 Å². The Labute approximate surface area is 204 Å². The van der Waals surface area contributed by atoms with Gasteiger partial charge in [0, 0.05) is 44.6 Å². The van der Waals surface area contributed by atoms with Gasteiger partial charge in [0.2, 0.25) is 0 Å². The summed E-state index contributed by atoms with van der Waals surface area (Å²) >= 11 is 0. The molecule has 2 N–H and O–H groups in total. The average Bonchev–Trinajstić information content (AvgIpc) is 3.41. The van der Waals surface area contributed by atoms with E-state index in [1.54, 1.807) is 16.8 Å². The third-order valence-electron chi connectivity index (χ3n) is 5.28. The van der Waals surface area contributed by atoms with Gasteiger partial charge < -0.3 is 10.6 Å². The van der Waals surface area contributed by atoms with E-state index in [1.165, 1.54) is 12.1 Å². The summed E-state index contributed by atoms with van der Waals surface area (Å²) in [6, 6.07) is 8.54. The molecule has 10 heteroatoms. The van der Waals surface area contributed by atoms with Gasteiger partial charge in [-0.25, -0.2) is 18.7 Å².